The summed E-state index contributed by atoms with van der Waals surface area (Å²) in [5.74, 6) is -0.288. The molecule has 180 valence electrons. The predicted molar refractivity (Wildman–Crippen MR) is 127 cm³/mol. The minimum Gasteiger partial charge on any atom is -0.445 e. The van der Waals surface area contributed by atoms with Gasteiger partial charge in [-0.05, 0) is 24.1 Å². The fourth-order valence-electron chi connectivity index (χ4n) is 3.67. The van der Waals surface area contributed by atoms with Gasteiger partial charge in [0.1, 0.15) is 12.3 Å². The molecule has 0 unspecified atom stereocenters. The van der Waals surface area contributed by atoms with E-state index in [0.717, 1.165) is 18.2 Å². The number of nitro benzene ring substituents is 1. The molecule has 2 aliphatic rings. The molecule has 2 amide bonds. The number of thioether (sulfide) groups is 1. The number of ether oxygens (including phenoxy) is 1. The van der Waals surface area contributed by atoms with Gasteiger partial charge in [-0.3, -0.25) is 19.7 Å². The van der Waals surface area contributed by atoms with E-state index in [1.54, 1.807) is 24.4 Å². The van der Waals surface area contributed by atoms with E-state index in [9.17, 15) is 24.5 Å². The van der Waals surface area contributed by atoms with Crippen molar-refractivity contribution in [3.8, 4) is 0 Å². The minimum absolute atomic E-state index is 0.00817. The lowest BCUT2D eigenvalue weighted by Crippen LogP contribution is -2.49. The maximum absolute atomic E-state index is 12.6. The van der Waals surface area contributed by atoms with Crippen molar-refractivity contribution in [2.45, 2.75) is 31.2 Å². The maximum atomic E-state index is 12.6. The molecular formula is C21H23N5O6S2. The fourth-order valence-corrected chi connectivity index (χ4v) is 5.48. The molecule has 0 spiro atoms. The molecule has 0 saturated carbocycles. The molecule has 0 bridgehead atoms. The molecule has 34 heavy (non-hydrogen) atoms. The average Bonchev–Trinajstić information content (AvgIpc) is 3.44. The van der Waals surface area contributed by atoms with Crippen LogP contribution in [0.25, 0.3) is 0 Å². The summed E-state index contributed by atoms with van der Waals surface area (Å²) < 4.78 is 5.30. The van der Waals surface area contributed by atoms with Crippen molar-refractivity contribution >= 4 is 51.0 Å². The zero-order valence-electron chi connectivity index (χ0n) is 18.3. The van der Waals surface area contributed by atoms with Gasteiger partial charge in [-0.2, -0.15) is 0 Å². The molecule has 4 rings (SSSR count). The molecule has 3 heterocycles. The van der Waals surface area contributed by atoms with Crippen LogP contribution in [0.4, 0.5) is 15.6 Å². The highest BCUT2D eigenvalue weighted by atomic mass is 32.2. The van der Waals surface area contributed by atoms with Crippen molar-refractivity contribution in [2.75, 3.05) is 31.1 Å². The number of benzene rings is 1. The van der Waals surface area contributed by atoms with Gasteiger partial charge in [-0.15, -0.1) is 11.3 Å². The number of anilines is 1. The van der Waals surface area contributed by atoms with Crippen LogP contribution in [0.15, 0.2) is 29.6 Å². The zero-order valence-corrected chi connectivity index (χ0v) is 20.0. The maximum Gasteiger partial charge on any atom is 0.410 e. The second kappa shape index (κ2) is 10.4. The highest BCUT2D eigenvalue weighted by Gasteiger charge is 2.32. The topological polar surface area (TPSA) is 135 Å². The second-order valence-electron chi connectivity index (χ2n) is 8.03. The van der Waals surface area contributed by atoms with Gasteiger partial charge in [0.15, 0.2) is 10.2 Å². The van der Waals surface area contributed by atoms with E-state index in [1.807, 2.05) is 4.90 Å². The number of nitrogens with one attached hydrogen (secondary N) is 1. The number of nitrogens with zero attached hydrogens (tertiary/aromatic N) is 4. The van der Waals surface area contributed by atoms with Crippen molar-refractivity contribution in [1.82, 2.24) is 15.2 Å². The van der Waals surface area contributed by atoms with Crippen molar-refractivity contribution in [3.63, 3.8) is 0 Å². The molecule has 13 heteroatoms. The largest absolute Gasteiger partial charge is 0.445 e. The van der Waals surface area contributed by atoms with Crippen LogP contribution in [0.5, 0.6) is 0 Å². The van der Waals surface area contributed by atoms with Gasteiger partial charge < -0.3 is 19.9 Å². The minimum atomic E-state index is -0.498. The zero-order chi connectivity index (χ0) is 24.2. The van der Waals surface area contributed by atoms with E-state index < -0.39 is 11.0 Å². The molecule has 2 saturated heterocycles. The lowest BCUT2D eigenvalue weighted by molar-refractivity contribution is -0.384. The Hall–Kier alpha value is -3.19. The molecular weight excluding hydrogens is 482 g/mol. The number of nitro groups is 1. The molecule has 2 aromatic rings. The Labute approximate surface area is 203 Å². The molecule has 1 aromatic carbocycles. The summed E-state index contributed by atoms with van der Waals surface area (Å²) in [6.45, 7) is 3.82. The van der Waals surface area contributed by atoms with Crippen LogP contribution in [0, 0.1) is 10.1 Å². The van der Waals surface area contributed by atoms with Crippen molar-refractivity contribution in [1.29, 1.82) is 0 Å². The summed E-state index contributed by atoms with van der Waals surface area (Å²) in [4.78, 5) is 54.3. The summed E-state index contributed by atoms with van der Waals surface area (Å²) >= 11 is 2.72. The number of hydrogen-bond donors (Lipinski definition) is 1. The second-order valence-corrected chi connectivity index (χ2v) is 10.3. The number of amides is 2. The first kappa shape index (κ1) is 24.0. The molecule has 0 aliphatic carbocycles. The van der Waals surface area contributed by atoms with Gasteiger partial charge in [0.05, 0.1) is 4.92 Å². The third-order valence-electron chi connectivity index (χ3n) is 5.47. The fraction of sp³-hybridized carbons (Fsp3) is 0.429. The van der Waals surface area contributed by atoms with Crippen LogP contribution in [-0.4, -0.2) is 69.4 Å². The standard InChI is InChI=1S/C21H23N5O6S2/c1-13(27)34-17-9-25(10-17)20-23-18(12-33-20)19(28)22-15-6-7-24(8-15)21(29)32-11-14-2-4-16(5-3-14)26(30)31/h2-5,12,15,17H,6-11H2,1H3,(H,22,28)/t15-/m1/s1. The number of rotatable bonds is 7. The van der Waals surface area contributed by atoms with Gasteiger partial charge in [0.25, 0.3) is 11.6 Å². The van der Waals surface area contributed by atoms with Crippen LogP contribution in [-0.2, 0) is 16.1 Å². The lowest BCUT2D eigenvalue weighted by Gasteiger charge is -2.37. The van der Waals surface area contributed by atoms with Crippen LogP contribution in [0.1, 0.15) is 29.4 Å². The molecule has 1 atom stereocenters. The Kier molecular flexibility index (Phi) is 7.32. The van der Waals surface area contributed by atoms with Crippen LogP contribution < -0.4 is 10.2 Å². The van der Waals surface area contributed by atoms with E-state index in [2.05, 4.69) is 10.3 Å². The van der Waals surface area contributed by atoms with Crippen LogP contribution >= 0.6 is 23.1 Å². The van der Waals surface area contributed by atoms with Crippen molar-refractivity contribution in [2.24, 2.45) is 0 Å². The van der Waals surface area contributed by atoms with Crippen LogP contribution in [0.3, 0.4) is 0 Å². The molecule has 11 nitrogen and oxygen atoms in total. The summed E-state index contributed by atoms with van der Waals surface area (Å²) in [6, 6.07) is 5.61. The molecule has 2 aliphatic heterocycles. The first-order valence-electron chi connectivity index (χ1n) is 10.6. The van der Waals surface area contributed by atoms with Crippen molar-refractivity contribution in [3.05, 3.63) is 51.0 Å². The Morgan fingerprint density at radius 1 is 1.26 bits per heavy atom. The van der Waals surface area contributed by atoms with Crippen molar-refractivity contribution < 1.29 is 24.0 Å². The number of likely N-dealkylation sites (tertiary alicyclic amines) is 1. The molecule has 1 N–H and O–H groups in total. The smallest absolute Gasteiger partial charge is 0.410 e. The van der Waals surface area contributed by atoms with Gasteiger partial charge in [-0.1, -0.05) is 11.8 Å². The quantitative estimate of drug-likeness (QED) is 0.445. The number of aromatic nitrogens is 1. The molecule has 1 aromatic heterocycles. The monoisotopic (exact) mass is 505 g/mol. The SMILES string of the molecule is CC(=O)SC1CN(c2nc(C(=O)N[C@@H]3CCN(C(=O)OCc4ccc([N+](=O)[O-])cc4)C3)cs2)C1. The van der Waals surface area contributed by atoms with Crippen LogP contribution in [0.2, 0.25) is 0 Å². The number of thiazole rings is 1. The predicted octanol–water partition coefficient (Wildman–Crippen LogP) is 2.66. The van der Waals surface area contributed by atoms with Gasteiger partial charge in [0, 0.05) is 61.9 Å². The van der Waals surface area contributed by atoms with E-state index in [1.165, 1.54) is 40.1 Å². The van der Waals surface area contributed by atoms with Gasteiger partial charge in [-0.25, -0.2) is 9.78 Å². The Balaban J connectivity index is 1.20. The Bertz CT molecular complexity index is 1090. The average molecular weight is 506 g/mol. The highest BCUT2D eigenvalue weighted by Crippen LogP contribution is 2.30. The first-order valence-corrected chi connectivity index (χ1v) is 12.4. The third-order valence-corrected chi connectivity index (χ3v) is 7.33. The highest BCUT2D eigenvalue weighted by molar-refractivity contribution is 8.14. The lowest BCUT2D eigenvalue weighted by atomic mass is 10.2. The summed E-state index contributed by atoms with van der Waals surface area (Å²) in [6.07, 6.45) is 0.104. The number of carbonyl (C=O) groups is 3. The van der Waals surface area contributed by atoms with E-state index in [4.69, 9.17) is 4.74 Å². The van der Waals surface area contributed by atoms with E-state index in [0.29, 0.717) is 30.8 Å². The van der Waals surface area contributed by atoms with E-state index in [-0.39, 0.29) is 34.6 Å². The first-order chi connectivity index (χ1) is 16.3. The molecule has 0 radical (unpaired) electrons. The summed E-state index contributed by atoms with van der Waals surface area (Å²) in [5.41, 5.74) is 0.958. The number of carbonyl (C=O) groups excluding carboxylic acids is 3. The summed E-state index contributed by atoms with van der Waals surface area (Å²) in [7, 11) is 0. The van der Waals surface area contributed by atoms with E-state index >= 15 is 0 Å². The molecule has 2 fully saturated rings. The van der Waals surface area contributed by atoms with Gasteiger partial charge in [0.2, 0.25) is 0 Å². The Morgan fingerprint density at radius 3 is 2.68 bits per heavy atom. The third kappa shape index (κ3) is 5.83. The normalized spacial score (nSPS) is 17.9. The summed E-state index contributed by atoms with van der Waals surface area (Å²) in [5, 5.41) is 16.5. The van der Waals surface area contributed by atoms with Gasteiger partial charge >= 0.3 is 6.09 Å². The Morgan fingerprint density at radius 2 is 2.00 bits per heavy atom. The number of non-ortho nitro benzene ring substituents is 1. The number of hydrogen-bond acceptors (Lipinski definition) is 10.